The summed E-state index contributed by atoms with van der Waals surface area (Å²) in [7, 11) is 3.68. The Labute approximate surface area is 121 Å². The van der Waals surface area contributed by atoms with Gasteiger partial charge in [-0.15, -0.1) is 0 Å². The Morgan fingerprint density at radius 1 is 1.20 bits per heavy atom. The Hall–Kier alpha value is -1.87. The van der Waals surface area contributed by atoms with Gasteiger partial charge in [-0.25, -0.2) is 0 Å². The van der Waals surface area contributed by atoms with Crippen molar-refractivity contribution in [1.29, 1.82) is 0 Å². The molecule has 0 aliphatic carbocycles. The molecule has 0 radical (unpaired) electrons. The third kappa shape index (κ3) is 3.81. The highest BCUT2D eigenvalue weighted by molar-refractivity contribution is 5.32. The molecule has 1 aromatic carbocycles. The molecule has 0 fully saturated rings. The summed E-state index contributed by atoms with van der Waals surface area (Å²) in [5.74, 6) is 0.853. The van der Waals surface area contributed by atoms with Crippen molar-refractivity contribution >= 4 is 0 Å². The monoisotopic (exact) mass is 270 g/mol. The van der Waals surface area contributed by atoms with Crippen LogP contribution in [0.4, 0.5) is 0 Å². The van der Waals surface area contributed by atoms with Crippen molar-refractivity contribution in [3.63, 3.8) is 0 Å². The van der Waals surface area contributed by atoms with Gasteiger partial charge in [0.1, 0.15) is 5.75 Å². The van der Waals surface area contributed by atoms with Crippen LogP contribution >= 0.6 is 0 Å². The summed E-state index contributed by atoms with van der Waals surface area (Å²) in [6.07, 6.45) is 6.91. The topological polar surface area (TPSA) is 34.2 Å². The van der Waals surface area contributed by atoms with Gasteiger partial charge < -0.3 is 10.1 Å². The summed E-state index contributed by atoms with van der Waals surface area (Å²) < 4.78 is 5.39. The maximum absolute atomic E-state index is 5.39. The van der Waals surface area contributed by atoms with Crippen LogP contribution in [0.1, 0.15) is 30.0 Å². The fourth-order valence-corrected chi connectivity index (χ4v) is 2.46. The lowest BCUT2D eigenvalue weighted by atomic mass is 9.99. The first-order chi connectivity index (χ1) is 9.85. The summed E-state index contributed by atoms with van der Waals surface area (Å²) in [5.41, 5.74) is 2.57. The number of aromatic nitrogens is 1. The Kier molecular flexibility index (Phi) is 5.56. The molecule has 2 aromatic rings. The van der Waals surface area contributed by atoms with E-state index in [4.69, 9.17) is 4.74 Å². The number of ether oxygens (including phenoxy) is 1. The quantitative estimate of drug-likeness (QED) is 0.837. The molecule has 20 heavy (non-hydrogen) atoms. The molecule has 0 bridgehead atoms. The number of aryl methyl sites for hydroxylation is 1. The van der Waals surface area contributed by atoms with Crippen molar-refractivity contribution in [2.75, 3.05) is 14.2 Å². The van der Waals surface area contributed by atoms with E-state index in [2.05, 4.69) is 40.6 Å². The molecule has 3 heteroatoms. The highest BCUT2D eigenvalue weighted by atomic mass is 16.5. The van der Waals surface area contributed by atoms with Gasteiger partial charge in [-0.3, -0.25) is 4.98 Å². The van der Waals surface area contributed by atoms with Gasteiger partial charge in [0.15, 0.2) is 0 Å². The molecule has 0 spiro atoms. The molecular formula is C17H22N2O. The van der Waals surface area contributed by atoms with Gasteiger partial charge in [0.2, 0.25) is 0 Å². The van der Waals surface area contributed by atoms with Crippen LogP contribution in [0.15, 0.2) is 48.8 Å². The molecule has 0 aliphatic heterocycles. The predicted molar refractivity (Wildman–Crippen MR) is 82.0 cm³/mol. The van der Waals surface area contributed by atoms with Gasteiger partial charge in [0.05, 0.1) is 13.3 Å². The standard InChI is InChI=1S/C17H22N2O/c1-18-16(15-11-12-19-13-17(15)20-2)10-6-9-14-7-4-3-5-8-14/h3-5,7-8,11-13,16,18H,6,9-10H2,1-2H3. The van der Waals surface area contributed by atoms with Crippen LogP contribution in [-0.2, 0) is 6.42 Å². The van der Waals surface area contributed by atoms with Crippen LogP contribution in [0, 0.1) is 0 Å². The number of rotatable bonds is 7. The second-order valence-corrected chi connectivity index (χ2v) is 4.84. The second-order valence-electron chi connectivity index (χ2n) is 4.84. The first-order valence-corrected chi connectivity index (χ1v) is 7.04. The highest BCUT2D eigenvalue weighted by Crippen LogP contribution is 2.27. The molecule has 1 atom stereocenters. The van der Waals surface area contributed by atoms with E-state index < -0.39 is 0 Å². The average molecular weight is 270 g/mol. The number of methoxy groups -OCH3 is 1. The smallest absolute Gasteiger partial charge is 0.141 e. The van der Waals surface area contributed by atoms with Gasteiger partial charge in [-0.1, -0.05) is 30.3 Å². The SMILES string of the molecule is CNC(CCCc1ccccc1)c1ccncc1OC. The van der Waals surface area contributed by atoms with E-state index in [1.165, 1.54) is 11.1 Å². The Bertz CT molecular complexity index is 513. The zero-order valence-electron chi connectivity index (χ0n) is 12.2. The third-order valence-corrected chi connectivity index (χ3v) is 3.56. The van der Waals surface area contributed by atoms with E-state index in [9.17, 15) is 0 Å². The summed E-state index contributed by atoms with van der Waals surface area (Å²) in [6.45, 7) is 0. The van der Waals surface area contributed by atoms with Crippen molar-refractivity contribution in [3.8, 4) is 5.75 Å². The van der Waals surface area contributed by atoms with Gasteiger partial charge in [0, 0.05) is 17.8 Å². The summed E-state index contributed by atoms with van der Waals surface area (Å²) in [4.78, 5) is 4.11. The number of nitrogens with one attached hydrogen (secondary N) is 1. The van der Waals surface area contributed by atoms with Gasteiger partial charge in [-0.2, -0.15) is 0 Å². The van der Waals surface area contributed by atoms with E-state index in [1.54, 1.807) is 13.3 Å². The molecule has 1 heterocycles. The van der Waals surface area contributed by atoms with Crippen LogP contribution in [0.3, 0.4) is 0 Å². The molecule has 2 rings (SSSR count). The van der Waals surface area contributed by atoms with E-state index in [0.29, 0.717) is 6.04 Å². The third-order valence-electron chi connectivity index (χ3n) is 3.56. The molecule has 3 nitrogen and oxygen atoms in total. The lowest BCUT2D eigenvalue weighted by Crippen LogP contribution is -2.17. The normalized spacial score (nSPS) is 12.1. The lowest BCUT2D eigenvalue weighted by Gasteiger charge is -2.19. The Balaban J connectivity index is 1.95. The maximum atomic E-state index is 5.39. The first-order valence-electron chi connectivity index (χ1n) is 7.04. The largest absolute Gasteiger partial charge is 0.495 e. The van der Waals surface area contributed by atoms with Crippen LogP contribution in [0.5, 0.6) is 5.75 Å². The number of pyridine rings is 1. The van der Waals surface area contributed by atoms with Crippen LogP contribution < -0.4 is 10.1 Å². The number of hydrogen-bond donors (Lipinski definition) is 1. The minimum Gasteiger partial charge on any atom is -0.495 e. The first kappa shape index (κ1) is 14.5. The molecule has 106 valence electrons. The molecule has 0 saturated heterocycles. The van der Waals surface area contributed by atoms with E-state index in [1.807, 2.05) is 19.3 Å². The van der Waals surface area contributed by atoms with Crippen molar-refractivity contribution in [3.05, 3.63) is 59.9 Å². The minimum atomic E-state index is 0.302. The van der Waals surface area contributed by atoms with Gasteiger partial charge in [0.25, 0.3) is 0 Å². The molecule has 0 saturated carbocycles. The van der Waals surface area contributed by atoms with E-state index in [0.717, 1.165) is 25.0 Å². The molecule has 1 N–H and O–H groups in total. The number of nitrogens with zero attached hydrogens (tertiary/aromatic N) is 1. The molecular weight excluding hydrogens is 248 g/mol. The Morgan fingerprint density at radius 2 is 2.00 bits per heavy atom. The summed E-state index contributed by atoms with van der Waals surface area (Å²) in [6, 6.07) is 12.9. The molecule has 0 amide bonds. The van der Waals surface area contributed by atoms with E-state index >= 15 is 0 Å². The van der Waals surface area contributed by atoms with Crippen LogP contribution in [0.2, 0.25) is 0 Å². The zero-order valence-corrected chi connectivity index (χ0v) is 12.2. The van der Waals surface area contributed by atoms with Crippen LogP contribution in [-0.4, -0.2) is 19.1 Å². The van der Waals surface area contributed by atoms with Crippen molar-refractivity contribution < 1.29 is 4.74 Å². The van der Waals surface area contributed by atoms with Gasteiger partial charge >= 0.3 is 0 Å². The minimum absolute atomic E-state index is 0.302. The maximum Gasteiger partial charge on any atom is 0.141 e. The number of hydrogen-bond acceptors (Lipinski definition) is 3. The van der Waals surface area contributed by atoms with Crippen molar-refractivity contribution in [2.24, 2.45) is 0 Å². The molecule has 1 unspecified atom stereocenters. The highest BCUT2D eigenvalue weighted by Gasteiger charge is 2.13. The second kappa shape index (κ2) is 7.65. The van der Waals surface area contributed by atoms with E-state index in [-0.39, 0.29) is 0 Å². The van der Waals surface area contributed by atoms with Gasteiger partial charge in [-0.05, 0) is 37.9 Å². The molecule has 1 aromatic heterocycles. The lowest BCUT2D eigenvalue weighted by molar-refractivity contribution is 0.395. The zero-order chi connectivity index (χ0) is 14.2. The van der Waals surface area contributed by atoms with Crippen molar-refractivity contribution in [1.82, 2.24) is 10.3 Å². The number of benzene rings is 1. The predicted octanol–water partition coefficient (Wildman–Crippen LogP) is 3.37. The summed E-state index contributed by atoms with van der Waals surface area (Å²) in [5, 5.41) is 3.37. The van der Waals surface area contributed by atoms with Crippen molar-refractivity contribution in [2.45, 2.75) is 25.3 Å². The summed E-state index contributed by atoms with van der Waals surface area (Å²) >= 11 is 0. The molecule has 0 aliphatic rings. The fourth-order valence-electron chi connectivity index (χ4n) is 2.46. The fraction of sp³-hybridized carbons (Fsp3) is 0.353. The Morgan fingerprint density at radius 3 is 2.70 bits per heavy atom. The van der Waals surface area contributed by atoms with Crippen LogP contribution in [0.25, 0.3) is 0 Å². The average Bonchev–Trinajstić information content (AvgIpc) is 2.53.